The monoisotopic (exact) mass is 406 g/mol. The van der Waals surface area contributed by atoms with Gasteiger partial charge in [0.05, 0.1) is 34.8 Å². The van der Waals surface area contributed by atoms with Crippen molar-refractivity contribution < 1.29 is 14.3 Å². The predicted molar refractivity (Wildman–Crippen MR) is 111 cm³/mol. The first kappa shape index (κ1) is 18.8. The Balaban J connectivity index is 1.57. The number of carbonyl (C=O) groups is 2. The lowest BCUT2D eigenvalue weighted by Gasteiger charge is -2.08. The van der Waals surface area contributed by atoms with Crippen molar-refractivity contribution in [1.29, 1.82) is 0 Å². The molecule has 0 unspecified atom stereocenters. The highest BCUT2D eigenvalue weighted by Gasteiger charge is 2.18. The number of anilines is 1. The molecule has 8 heteroatoms. The Bertz CT molecular complexity index is 1200. The highest BCUT2D eigenvalue weighted by molar-refractivity contribution is 7.20. The molecule has 2 heterocycles. The summed E-state index contributed by atoms with van der Waals surface area (Å²) in [4.78, 5) is 28.8. The molecule has 0 fully saturated rings. The average Bonchev–Trinajstić information content (AvgIpc) is 3.32. The van der Waals surface area contributed by atoms with E-state index in [9.17, 15) is 9.59 Å². The number of hydrogen-bond acceptors (Lipinski definition) is 6. The van der Waals surface area contributed by atoms with Crippen molar-refractivity contribution in [3.8, 4) is 0 Å². The van der Waals surface area contributed by atoms with Gasteiger partial charge in [-0.25, -0.2) is 9.78 Å². The van der Waals surface area contributed by atoms with Crippen molar-refractivity contribution in [2.45, 2.75) is 6.42 Å². The standard InChI is InChI=1S/C21H18N4O3S/c1-25-17(10-13-6-4-3-5-7-13)15(12-22-25)19(26)23-14-8-9-16-18(11-14)29-20(24-16)21(27)28-2/h3-9,11-12H,10H2,1-2H3,(H,23,26). The van der Waals surface area contributed by atoms with E-state index in [-0.39, 0.29) is 10.9 Å². The summed E-state index contributed by atoms with van der Waals surface area (Å²) in [5.41, 5.74) is 3.76. The third-order valence-electron chi connectivity index (χ3n) is 4.53. The molecule has 0 atom stereocenters. The van der Waals surface area contributed by atoms with Crippen molar-refractivity contribution in [1.82, 2.24) is 14.8 Å². The van der Waals surface area contributed by atoms with Crippen LogP contribution in [0.25, 0.3) is 10.2 Å². The van der Waals surface area contributed by atoms with Crippen LogP contribution in [0.2, 0.25) is 0 Å². The van der Waals surface area contributed by atoms with Crippen molar-refractivity contribution in [3.63, 3.8) is 0 Å². The maximum Gasteiger partial charge on any atom is 0.367 e. The van der Waals surface area contributed by atoms with Crippen LogP contribution in [0.4, 0.5) is 5.69 Å². The second-order valence-electron chi connectivity index (χ2n) is 6.44. The fourth-order valence-corrected chi connectivity index (χ4v) is 3.95. The number of carbonyl (C=O) groups excluding carboxylic acids is 2. The molecule has 4 aromatic rings. The van der Waals surface area contributed by atoms with Crippen LogP contribution in [0.5, 0.6) is 0 Å². The summed E-state index contributed by atoms with van der Waals surface area (Å²) in [6.45, 7) is 0. The normalized spacial score (nSPS) is 10.8. The van der Waals surface area contributed by atoms with Gasteiger partial charge in [0.15, 0.2) is 0 Å². The van der Waals surface area contributed by atoms with Crippen molar-refractivity contribution in [3.05, 3.63) is 76.6 Å². The molecule has 0 spiro atoms. The largest absolute Gasteiger partial charge is 0.464 e. The molecule has 0 saturated heterocycles. The van der Waals surface area contributed by atoms with Gasteiger partial charge in [0.25, 0.3) is 5.91 Å². The molecule has 0 aliphatic heterocycles. The lowest BCUT2D eigenvalue weighted by Crippen LogP contribution is -2.14. The second kappa shape index (κ2) is 7.84. The molecule has 0 aliphatic rings. The van der Waals surface area contributed by atoms with Crippen LogP contribution in [0, 0.1) is 0 Å². The minimum absolute atomic E-state index is 0.235. The van der Waals surface area contributed by atoms with Crippen molar-refractivity contribution in [2.75, 3.05) is 12.4 Å². The molecule has 4 rings (SSSR count). The first-order valence-corrected chi connectivity index (χ1v) is 9.72. The lowest BCUT2D eigenvalue weighted by molar-refractivity contribution is 0.0600. The van der Waals surface area contributed by atoms with E-state index < -0.39 is 5.97 Å². The van der Waals surface area contributed by atoms with Gasteiger partial charge >= 0.3 is 5.97 Å². The molecule has 0 saturated carbocycles. The third kappa shape index (κ3) is 3.88. The summed E-state index contributed by atoms with van der Waals surface area (Å²) < 4.78 is 7.22. The van der Waals surface area contributed by atoms with Gasteiger partial charge in [0.1, 0.15) is 0 Å². The van der Waals surface area contributed by atoms with Crippen LogP contribution >= 0.6 is 11.3 Å². The number of benzene rings is 2. The van der Waals surface area contributed by atoms with Crippen molar-refractivity contribution >= 4 is 39.1 Å². The third-order valence-corrected chi connectivity index (χ3v) is 5.53. The van der Waals surface area contributed by atoms with E-state index in [2.05, 4.69) is 15.4 Å². The zero-order chi connectivity index (χ0) is 20.4. The van der Waals surface area contributed by atoms with Crippen LogP contribution in [0.1, 0.15) is 31.4 Å². The summed E-state index contributed by atoms with van der Waals surface area (Å²) in [6, 6.07) is 15.3. The number of amides is 1. The highest BCUT2D eigenvalue weighted by Crippen LogP contribution is 2.26. The molecule has 1 amide bonds. The van der Waals surface area contributed by atoms with Gasteiger partial charge < -0.3 is 10.1 Å². The van der Waals surface area contributed by atoms with Gasteiger partial charge in [-0.1, -0.05) is 30.3 Å². The van der Waals surface area contributed by atoms with Gasteiger partial charge in [-0.2, -0.15) is 5.10 Å². The highest BCUT2D eigenvalue weighted by atomic mass is 32.1. The number of thiazole rings is 1. The van der Waals surface area contributed by atoms with E-state index in [4.69, 9.17) is 4.74 Å². The van der Waals surface area contributed by atoms with E-state index in [0.717, 1.165) is 16.0 Å². The molecule has 29 heavy (non-hydrogen) atoms. The fraction of sp³-hybridized carbons (Fsp3) is 0.143. The van der Waals surface area contributed by atoms with Gasteiger partial charge in [-0.15, -0.1) is 11.3 Å². The van der Waals surface area contributed by atoms with E-state index in [1.807, 2.05) is 37.4 Å². The van der Waals surface area contributed by atoms with Gasteiger partial charge in [-0.3, -0.25) is 9.48 Å². The first-order valence-electron chi connectivity index (χ1n) is 8.90. The smallest absolute Gasteiger partial charge is 0.367 e. The van der Waals surface area contributed by atoms with Gasteiger partial charge in [0.2, 0.25) is 5.01 Å². The maximum absolute atomic E-state index is 12.9. The van der Waals surface area contributed by atoms with E-state index in [0.29, 0.717) is 23.2 Å². The topological polar surface area (TPSA) is 86.1 Å². The SMILES string of the molecule is COC(=O)c1nc2ccc(NC(=O)c3cnn(C)c3Cc3ccccc3)cc2s1. The number of nitrogens with zero attached hydrogens (tertiary/aromatic N) is 3. The number of aromatic nitrogens is 3. The second-order valence-corrected chi connectivity index (χ2v) is 7.47. The number of hydrogen-bond donors (Lipinski definition) is 1. The van der Waals surface area contributed by atoms with Crippen LogP contribution in [-0.4, -0.2) is 33.8 Å². The lowest BCUT2D eigenvalue weighted by atomic mass is 10.1. The van der Waals surface area contributed by atoms with E-state index >= 15 is 0 Å². The summed E-state index contributed by atoms with van der Waals surface area (Å²) in [7, 11) is 3.15. The minimum atomic E-state index is -0.474. The molecule has 7 nitrogen and oxygen atoms in total. The zero-order valence-corrected chi connectivity index (χ0v) is 16.7. The Labute approximate surface area is 171 Å². The number of ether oxygens (including phenoxy) is 1. The number of aryl methyl sites for hydroxylation is 1. The Morgan fingerprint density at radius 3 is 2.72 bits per heavy atom. The quantitative estimate of drug-likeness (QED) is 0.511. The molecule has 2 aromatic heterocycles. The van der Waals surface area contributed by atoms with Crippen LogP contribution in [0.15, 0.2) is 54.7 Å². The average molecular weight is 406 g/mol. The van der Waals surface area contributed by atoms with Crippen LogP contribution in [0.3, 0.4) is 0 Å². The molecule has 2 aromatic carbocycles. The molecular weight excluding hydrogens is 388 g/mol. The van der Waals surface area contributed by atoms with Gasteiger partial charge in [0, 0.05) is 19.2 Å². The van der Waals surface area contributed by atoms with E-state index in [1.165, 1.54) is 18.4 Å². The molecule has 146 valence electrons. The number of nitrogens with one attached hydrogen (secondary N) is 1. The summed E-state index contributed by atoms with van der Waals surface area (Å²) >= 11 is 1.22. The predicted octanol–water partition coefficient (Wildman–Crippen LogP) is 3.66. The molecule has 1 N–H and O–H groups in total. The zero-order valence-electron chi connectivity index (χ0n) is 15.9. The Morgan fingerprint density at radius 1 is 1.17 bits per heavy atom. The number of methoxy groups -OCH3 is 1. The maximum atomic E-state index is 12.9. The van der Waals surface area contributed by atoms with Gasteiger partial charge in [-0.05, 0) is 23.8 Å². The van der Waals surface area contributed by atoms with Crippen LogP contribution < -0.4 is 5.32 Å². The Morgan fingerprint density at radius 2 is 1.97 bits per heavy atom. The first-order chi connectivity index (χ1) is 14.0. The number of esters is 1. The fourth-order valence-electron chi connectivity index (χ4n) is 3.03. The summed E-state index contributed by atoms with van der Waals surface area (Å²) in [5, 5.41) is 7.45. The van der Waals surface area contributed by atoms with Crippen LogP contribution in [-0.2, 0) is 18.2 Å². The molecule has 0 bridgehead atoms. The van der Waals surface area contributed by atoms with Crippen molar-refractivity contribution in [2.24, 2.45) is 7.05 Å². The molecule has 0 aliphatic carbocycles. The summed E-state index contributed by atoms with van der Waals surface area (Å²) in [6.07, 6.45) is 2.19. The summed E-state index contributed by atoms with van der Waals surface area (Å²) in [5.74, 6) is -0.709. The Kier molecular flexibility index (Phi) is 5.09. The Hall–Kier alpha value is -3.52. The number of fused-ring (bicyclic) bond motifs is 1. The molecule has 0 radical (unpaired) electrons. The minimum Gasteiger partial charge on any atom is -0.464 e. The molecular formula is C21H18N4O3S. The van der Waals surface area contributed by atoms with E-state index in [1.54, 1.807) is 29.1 Å². The number of rotatable bonds is 5.